The van der Waals surface area contributed by atoms with Crippen LogP contribution >= 0.6 is 0 Å². The van der Waals surface area contributed by atoms with E-state index in [9.17, 15) is 0 Å². The Kier molecular flexibility index (Phi) is 16.5. The van der Waals surface area contributed by atoms with Crippen molar-refractivity contribution in [3.63, 3.8) is 0 Å². The number of benzene rings is 18. The Hall–Kier alpha value is -18.9. The lowest BCUT2D eigenvalue weighted by Crippen LogP contribution is -2.74. The van der Waals surface area contributed by atoms with E-state index in [1.165, 1.54) is 25.9 Å². The van der Waals surface area contributed by atoms with E-state index >= 15 is 0 Å². The average molecular weight is 1830 g/mol. The Morgan fingerprint density at radius 2 is 0.514 bits per heavy atom. The van der Waals surface area contributed by atoms with Crippen LogP contribution in [0.15, 0.2) is 446 Å². The van der Waals surface area contributed by atoms with Gasteiger partial charge in [0.15, 0.2) is 27.8 Å². The highest BCUT2D eigenvalue weighted by Crippen LogP contribution is 2.41. The van der Waals surface area contributed by atoms with Crippen molar-refractivity contribution < 1.29 is 8.83 Å². The van der Waals surface area contributed by atoms with Crippen LogP contribution in [0.25, 0.3) is 213 Å². The molecule has 0 aliphatic heterocycles. The third-order valence-corrected chi connectivity index (χ3v) is 38.1. The van der Waals surface area contributed by atoms with E-state index in [0.29, 0.717) is 58.6 Å². The molecule has 0 aliphatic rings. The van der Waals surface area contributed by atoms with Gasteiger partial charge in [-0.05, 0) is 168 Å². The summed E-state index contributed by atoms with van der Waals surface area (Å²) in [4.78, 5) is 56.2. The first-order valence-electron chi connectivity index (χ1n) is 46.8. The molecular formula is C118H72N18O2Si2. The molecule has 0 spiro atoms. The molecule has 18 aromatic carbocycles. The zero-order valence-electron chi connectivity index (χ0n) is 74.4. The van der Waals surface area contributed by atoms with E-state index in [0.717, 1.165) is 170 Å². The summed E-state index contributed by atoms with van der Waals surface area (Å²) in [5.41, 5.74) is 21.0. The Balaban J connectivity index is 0.600. The quantitative estimate of drug-likeness (QED) is 0.0698. The van der Waals surface area contributed by atoms with Gasteiger partial charge in [-0.15, -0.1) is 0 Å². The van der Waals surface area contributed by atoms with Gasteiger partial charge >= 0.3 is 0 Å². The molecule has 0 fully saturated rings. The van der Waals surface area contributed by atoms with Crippen LogP contribution in [0, 0.1) is 0 Å². The van der Waals surface area contributed by atoms with Crippen molar-refractivity contribution in [1.29, 1.82) is 0 Å². The van der Waals surface area contributed by atoms with E-state index in [1.807, 2.05) is 36.4 Å². The second kappa shape index (κ2) is 29.8. The third-order valence-electron chi connectivity index (χ3n) is 28.5. The number of furan rings is 2. The predicted octanol–water partition coefficient (Wildman–Crippen LogP) is 20.6. The molecule has 20 nitrogen and oxygen atoms in total. The van der Waals surface area contributed by atoms with Crippen LogP contribution in [0.2, 0.25) is 0 Å². The number of hydrogen-bond acceptors (Lipinski definition) is 12. The molecule has 0 unspecified atom stereocenters. The van der Waals surface area contributed by atoms with Crippen molar-refractivity contribution in [2.75, 3.05) is 0 Å². The lowest BCUT2D eigenvalue weighted by molar-refractivity contribution is 0.669. The van der Waals surface area contributed by atoms with Gasteiger partial charge in [-0.3, -0.25) is 17.6 Å². The zero-order valence-corrected chi connectivity index (χ0v) is 76.4. The van der Waals surface area contributed by atoms with E-state index in [-0.39, 0.29) is 0 Å². The maximum Gasteiger partial charge on any atom is 0.242 e. The molecule has 0 N–H and O–H groups in total. The first-order valence-corrected chi connectivity index (χ1v) is 50.8. The molecule has 140 heavy (non-hydrogen) atoms. The number of nitrogens with zero attached hydrogens (tertiary/aromatic N) is 18. The van der Waals surface area contributed by atoms with Gasteiger partial charge in [0.2, 0.25) is 46.9 Å². The molecule has 0 saturated carbocycles. The molecule has 22 heteroatoms. The summed E-state index contributed by atoms with van der Waals surface area (Å²) in [6.07, 6.45) is 0. The second-order valence-corrected chi connectivity index (χ2v) is 43.5. The summed E-state index contributed by atoms with van der Waals surface area (Å²) in [6, 6.07) is 155. The monoisotopic (exact) mass is 1830 g/mol. The van der Waals surface area contributed by atoms with Gasteiger partial charge in [-0.2, -0.15) is 29.9 Å². The Labute approximate surface area is 796 Å². The van der Waals surface area contributed by atoms with Gasteiger partial charge < -0.3 is 8.83 Å². The minimum Gasteiger partial charge on any atom is -0.456 e. The van der Waals surface area contributed by atoms with Gasteiger partial charge in [-0.1, -0.05) is 322 Å². The van der Waals surface area contributed by atoms with Crippen LogP contribution in [0.5, 0.6) is 0 Å². The molecule has 0 radical (unpaired) electrons. The molecule has 12 aromatic heterocycles. The normalized spacial score (nSPS) is 12.4. The molecule has 30 rings (SSSR count). The molecule has 0 aliphatic carbocycles. The first kappa shape index (κ1) is 77.5. The van der Waals surface area contributed by atoms with Crippen LogP contribution in [-0.2, 0) is 0 Å². The van der Waals surface area contributed by atoms with E-state index in [2.05, 4.69) is 436 Å². The van der Waals surface area contributed by atoms with Crippen molar-refractivity contribution in [1.82, 2.24) is 85.7 Å². The molecule has 654 valence electrons. The number of para-hydroxylation sites is 15. The standard InChI is InChI=1S/C118H72N18O2Si2/c1-5-32-77(33-6-1)139(78-34-7-2-8-35-78,83-65-68-106-87(72-83)85-42-14-27-56-104(85)137-106)82-40-29-31-76(69-82)110-125-113(134-100-54-25-22-51-97(100)130-93-48-19-16-45-89(93)120-116(130)134)128-114(126-110)135-101-55-26-23-52-98(101)131-95-66-61-74(70-91(95)122-118(131)135)75-62-67-102-103(71-75)132-94-49-20-17-46-90(94)121-117(132)136(102)112-124-109(123-111(127-112)133-99-53-24-21-50-96(99)129-92-47-18-15-44-88(92)119-115(129)133)73-59-63-81(64-60-73)140(79-36-9-3-10-37-79,80-38-11-4-12-39-80)107-58-30-43-86-84-41-13-28-57-105(84)138-108(86)107/h1-72H. The first-order chi connectivity index (χ1) is 69.4. The Bertz CT molecular complexity index is 10300. The maximum atomic E-state index is 7.05. The Morgan fingerprint density at radius 3 is 1.02 bits per heavy atom. The summed E-state index contributed by atoms with van der Waals surface area (Å²) in [5, 5.41) is 13.8. The fraction of sp³-hybridized carbons (Fsp3) is 0. The van der Waals surface area contributed by atoms with Gasteiger partial charge in [-0.25, -0.2) is 38.2 Å². The molecule has 0 amide bonds. The maximum absolute atomic E-state index is 7.05. The summed E-state index contributed by atoms with van der Waals surface area (Å²) in [6.45, 7) is 0. The van der Waals surface area contributed by atoms with Gasteiger partial charge in [0, 0.05) is 32.7 Å². The van der Waals surface area contributed by atoms with Crippen molar-refractivity contribution in [2.24, 2.45) is 0 Å². The number of rotatable bonds is 15. The number of aromatic nitrogens is 18. The highest BCUT2D eigenvalue weighted by molar-refractivity contribution is 7.21. The number of fused-ring (bicyclic) bond motifs is 26. The lowest BCUT2D eigenvalue weighted by atomic mass is 10.0. The van der Waals surface area contributed by atoms with Crippen molar-refractivity contribution >= 4 is 213 Å². The topological polar surface area (TPSA) is 193 Å². The highest BCUT2D eigenvalue weighted by Gasteiger charge is 2.46. The van der Waals surface area contributed by atoms with Crippen LogP contribution in [0.3, 0.4) is 0 Å². The van der Waals surface area contributed by atoms with Gasteiger partial charge in [0.1, 0.15) is 22.3 Å². The van der Waals surface area contributed by atoms with Crippen molar-refractivity contribution in [3.05, 3.63) is 437 Å². The smallest absolute Gasteiger partial charge is 0.242 e. The van der Waals surface area contributed by atoms with Gasteiger partial charge in [0.25, 0.3) is 0 Å². The summed E-state index contributed by atoms with van der Waals surface area (Å²) >= 11 is 0. The minimum atomic E-state index is -3.28. The number of hydrogen-bond donors (Lipinski definition) is 0. The van der Waals surface area contributed by atoms with Crippen LogP contribution in [0.1, 0.15) is 0 Å². The second-order valence-electron chi connectivity index (χ2n) is 35.9. The largest absolute Gasteiger partial charge is 0.456 e. The summed E-state index contributed by atoms with van der Waals surface area (Å²) in [7, 11) is -6.54. The average Bonchev–Trinajstić information content (AvgIpc) is 1.57. The Morgan fingerprint density at radius 1 is 0.179 bits per heavy atom. The van der Waals surface area contributed by atoms with E-state index in [1.54, 1.807) is 0 Å². The van der Waals surface area contributed by atoms with Crippen molar-refractivity contribution in [3.8, 4) is 57.7 Å². The fourth-order valence-electron chi connectivity index (χ4n) is 22.5. The highest BCUT2D eigenvalue weighted by atomic mass is 28.3. The molecular weight excluding hydrogens is 1760 g/mol. The summed E-state index contributed by atoms with van der Waals surface area (Å²) < 4.78 is 30.8. The number of imidazole rings is 8. The summed E-state index contributed by atoms with van der Waals surface area (Å²) in [5.74, 6) is 4.92. The predicted molar refractivity (Wildman–Crippen MR) is 564 cm³/mol. The molecule has 30 aromatic rings. The lowest BCUT2D eigenvalue weighted by Gasteiger charge is -2.34. The molecule has 12 heterocycles. The van der Waals surface area contributed by atoms with Crippen LogP contribution in [0.4, 0.5) is 0 Å². The van der Waals surface area contributed by atoms with Crippen LogP contribution < -0.4 is 41.5 Å². The minimum absolute atomic E-state index is 0.358. The van der Waals surface area contributed by atoms with Gasteiger partial charge in [0.05, 0.1) is 88.3 Å². The SMILES string of the molecule is c1ccc([Si](c2ccccc2)(c2cccc(-c3nc(-n4c5ccccc5n5c6ccccc6nc45)nc(-n4c5ccccc5n5c6ccc(-c7ccc8c(c7)n7c9ccccc9nc7n8-c7nc(-c8ccc([Si](c9ccccc9)(c9ccccc9)c9cccc%10c9oc9ccccc9%10)cc8)nc(-n8c9ccccc9n9c%10ccccc%10nc89)n7)cc6nc45)n3)c2)c2ccc3oc4ccccc4c3c2)cc1. The molecule has 0 atom stereocenters. The molecule has 0 bridgehead atoms. The van der Waals surface area contributed by atoms with Crippen LogP contribution in [-0.4, -0.2) is 102 Å². The van der Waals surface area contributed by atoms with E-state index < -0.39 is 16.1 Å². The molecule has 0 saturated heterocycles. The van der Waals surface area contributed by atoms with Crippen molar-refractivity contribution in [2.45, 2.75) is 0 Å². The zero-order chi connectivity index (χ0) is 91.6. The fourth-order valence-corrected chi connectivity index (χ4v) is 32.2. The third kappa shape index (κ3) is 11.1. The van der Waals surface area contributed by atoms with E-state index in [4.69, 9.17) is 58.7 Å².